The molecule has 0 bridgehead atoms. The number of hydrogen-bond donors (Lipinski definition) is 2. The van der Waals surface area contributed by atoms with Crippen molar-refractivity contribution in [3.05, 3.63) is 17.7 Å². The van der Waals surface area contributed by atoms with Crippen LogP contribution < -0.4 is 11.1 Å². The second kappa shape index (κ2) is 6.41. The van der Waals surface area contributed by atoms with Crippen LogP contribution in [0.4, 0.5) is 0 Å². The summed E-state index contributed by atoms with van der Waals surface area (Å²) in [7, 11) is 0. The van der Waals surface area contributed by atoms with Crippen molar-refractivity contribution in [1.29, 1.82) is 0 Å². The van der Waals surface area contributed by atoms with Crippen molar-refractivity contribution in [2.75, 3.05) is 6.54 Å². The van der Waals surface area contributed by atoms with E-state index in [-0.39, 0.29) is 17.4 Å². The Hall–Kier alpha value is -1.36. The van der Waals surface area contributed by atoms with Gasteiger partial charge in [0.1, 0.15) is 5.82 Å². The summed E-state index contributed by atoms with van der Waals surface area (Å²) in [5.41, 5.74) is 7.04. The Bertz CT molecular complexity index is 511. The van der Waals surface area contributed by atoms with E-state index in [1.807, 2.05) is 6.92 Å². The highest BCUT2D eigenvalue weighted by Gasteiger charge is 2.37. The SMILES string of the molecule is CC1(N)CCCCC1C(=O)NCCc1cn2c(n1)CCCC2. The summed E-state index contributed by atoms with van der Waals surface area (Å²) in [6.45, 7) is 3.75. The first kappa shape index (κ1) is 15.5. The van der Waals surface area contributed by atoms with E-state index in [1.54, 1.807) is 0 Å². The number of rotatable bonds is 4. The molecule has 122 valence electrons. The standard InChI is InChI=1S/C17H28N4O/c1-17(18)9-4-2-6-14(17)16(22)19-10-8-13-12-21-11-5-3-7-15(21)20-13/h12,14H,2-11,18H2,1H3,(H,19,22). The van der Waals surface area contributed by atoms with Gasteiger partial charge < -0.3 is 15.6 Å². The van der Waals surface area contributed by atoms with Crippen molar-refractivity contribution in [2.45, 2.75) is 70.4 Å². The highest BCUT2D eigenvalue weighted by Crippen LogP contribution is 2.31. The summed E-state index contributed by atoms with van der Waals surface area (Å²) >= 11 is 0. The van der Waals surface area contributed by atoms with E-state index in [0.717, 1.165) is 50.8 Å². The Morgan fingerprint density at radius 2 is 2.32 bits per heavy atom. The summed E-state index contributed by atoms with van der Waals surface area (Å²) in [5.74, 6) is 1.28. The van der Waals surface area contributed by atoms with Gasteiger partial charge in [-0.2, -0.15) is 0 Å². The van der Waals surface area contributed by atoms with Gasteiger partial charge in [0.15, 0.2) is 0 Å². The first-order chi connectivity index (χ1) is 10.6. The van der Waals surface area contributed by atoms with Gasteiger partial charge in [-0.15, -0.1) is 0 Å². The van der Waals surface area contributed by atoms with Crippen molar-refractivity contribution >= 4 is 5.91 Å². The molecule has 2 heterocycles. The van der Waals surface area contributed by atoms with Gasteiger partial charge in [-0.1, -0.05) is 12.8 Å². The molecule has 1 aliphatic carbocycles. The third-order valence-corrected chi connectivity index (χ3v) is 5.21. The second-order valence-corrected chi connectivity index (χ2v) is 7.14. The van der Waals surface area contributed by atoms with Crippen LogP contribution in [0, 0.1) is 5.92 Å². The van der Waals surface area contributed by atoms with E-state index >= 15 is 0 Å². The fourth-order valence-corrected chi connectivity index (χ4v) is 3.82. The minimum absolute atomic E-state index is 0.0450. The number of imidazole rings is 1. The average Bonchev–Trinajstić information content (AvgIpc) is 2.89. The Morgan fingerprint density at radius 3 is 3.09 bits per heavy atom. The molecular formula is C17H28N4O. The largest absolute Gasteiger partial charge is 0.355 e. The zero-order valence-electron chi connectivity index (χ0n) is 13.6. The molecule has 1 fully saturated rings. The topological polar surface area (TPSA) is 72.9 Å². The smallest absolute Gasteiger partial charge is 0.224 e. The molecule has 1 aliphatic heterocycles. The molecule has 0 aromatic carbocycles. The maximum absolute atomic E-state index is 12.4. The van der Waals surface area contributed by atoms with Gasteiger partial charge in [-0.3, -0.25) is 4.79 Å². The van der Waals surface area contributed by atoms with Gasteiger partial charge in [0.05, 0.1) is 11.6 Å². The first-order valence-electron chi connectivity index (χ1n) is 8.68. The number of amides is 1. The zero-order valence-corrected chi connectivity index (χ0v) is 13.6. The summed E-state index contributed by atoms with van der Waals surface area (Å²) in [4.78, 5) is 17.1. The van der Waals surface area contributed by atoms with Crippen LogP contribution in [0.1, 0.15) is 57.0 Å². The molecule has 1 aromatic heterocycles. The molecule has 1 saturated carbocycles. The van der Waals surface area contributed by atoms with Crippen molar-refractivity contribution < 1.29 is 4.79 Å². The van der Waals surface area contributed by atoms with E-state index in [4.69, 9.17) is 5.73 Å². The van der Waals surface area contributed by atoms with Crippen LogP contribution in [-0.4, -0.2) is 27.5 Å². The van der Waals surface area contributed by atoms with E-state index in [9.17, 15) is 4.79 Å². The molecule has 22 heavy (non-hydrogen) atoms. The molecule has 2 atom stereocenters. The van der Waals surface area contributed by atoms with Crippen LogP contribution >= 0.6 is 0 Å². The van der Waals surface area contributed by atoms with Crippen LogP contribution in [0.25, 0.3) is 0 Å². The lowest BCUT2D eigenvalue weighted by Gasteiger charge is -2.37. The van der Waals surface area contributed by atoms with Gasteiger partial charge in [0.25, 0.3) is 0 Å². The summed E-state index contributed by atoms with van der Waals surface area (Å²) in [6, 6.07) is 0. The van der Waals surface area contributed by atoms with Crippen LogP contribution in [0.15, 0.2) is 6.20 Å². The number of carbonyl (C=O) groups excluding carboxylic acids is 1. The zero-order chi connectivity index (χ0) is 15.6. The maximum Gasteiger partial charge on any atom is 0.224 e. The van der Waals surface area contributed by atoms with Gasteiger partial charge in [-0.25, -0.2) is 4.98 Å². The highest BCUT2D eigenvalue weighted by molar-refractivity contribution is 5.80. The minimum atomic E-state index is -0.351. The van der Waals surface area contributed by atoms with Crippen molar-refractivity contribution in [3.8, 4) is 0 Å². The van der Waals surface area contributed by atoms with Crippen molar-refractivity contribution in [1.82, 2.24) is 14.9 Å². The Morgan fingerprint density at radius 1 is 1.45 bits per heavy atom. The molecule has 5 heteroatoms. The minimum Gasteiger partial charge on any atom is -0.355 e. The molecule has 5 nitrogen and oxygen atoms in total. The molecule has 1 amide bonds. The molecule has 2 unspecified atom stereocenters. The summed E-state index contributed by atoms with van der Waals surface area (Å²) in [6.07, 6.45) is 10.6. The third kappa shape index (κ3) is 3.35. The van der Waals surface area contributed by atoms with Gasteiger partial charge >= 0.3 is 0 Å². The molecule has 3 rings (SSSR count). The van der Waals surface area contributed by atoms with Gasteiger partial charge in [0, 0.05) is 37.7 Å². The van der Waals surface area contributed by atoms with E-state index in [0.29, 0.717) is 6.54 Å². The highest BCUT2D eigenvalue weighted by atomic mass is 16.1. The lowest BCUT2D eigenvalue weighted by atomic mass is 9.74. The fraction of sp³-hybridized carbons (Fsp3) is 0.765. The monoisotopic (exact) mass is 304 g/mol. The van der Waals surface area contributed by atoms with Crippen molar-refractivity contribution in [2.24, 2.45) is 11.7 Å². The first-order valence-corrected chi connectivity index (χ1v) is 8.68. The number of nitrogens with one attached hydrogen (secondary N) is 1. The quantitative estimate of drug-likeness (QED) is 0.890. The van der Waals surface area contributed by atoms with Crippen LogP contribution in [-0.2, 0) is 24.2 Å². The molecule has 2 aliphatic rings. The van der Waals surface area contributed by atoms with E-state index < -0.39 is 0 Å². The number of hydrogen-bond acceptors (Lipinski definition) is 3. The number of nitrogens with zero attached hydrogens (tertiary/aromatic N) is 2. The number of aromatic nitrogens is 2. The fourth-order valence-electron chi connectivity index (χ4n) is 3.82. The number of aryl methyl sites for hydroxylation is 2. The number of nitrogens with two attached hydrogens (primary N) is 1. The van der Waals surface area contributed by atoms with Crippen LogP contribution in [0.5, 0.6) is 0 Å². The molecule has 0 spiro atoms. The van der Waals surface area contributed by atoms with E-state index in [1.165, 1.54) is 18.7 Å². The molecule has 0 radical (unpaired) electrons. The predicted octanol–water partition coefficient (Wildman–Crippen LogP) is 1.79. The summed E-state index contributed by atoms with van der Waals surface area (Å²) < 4.78 is 2.26. The maximum atomic E-state index is 12.4. The number of fused-ring (bicyclic) bond motifs is 1. The molecular weight excluding hydrogens is 276 g/mol. The average molecular weight is 304 g/mol. The Balaban J connectivity index is 1.50. The second-order valence-electron chi connectivity index (χ2n) is 7.14. The van der Waals surface area contributed by atoms with Gasteiger partial charge in [0.2, 0.25) is 5.91 Å². The molecule has 3 N–H and O–H groups in total. The third-order valence-electron chi connectivity index (χ3n) is 5.21. The summed E-state index contributed by atoms with van der Waals surface area (Å²) in [5, 5.41) is 3.07. The molecule has 1 aromatic rings. The van der Waals surface area contributed by atoms with Crippen molar-refractivity contribution in [3.63, 3.8) is 0 Å². The van der Waals surface area contributed by atoms with Crippen LogP contribution in [0.3, 0.4) is 0 Å². The number of carbonyl (C=O) groups is 1. The predicted molar refractivity (Wildman–Crippen MR) is 86.4 cm³/mol. The van der Waals surface area contributed by atoms with E-state index in [2.05, 4.69) is 21.1 Å². The lowest BCUT2D eigenvalue weighted by molar-refractivity contribution is -0.128. The normalized spacial score (nSPS) is 28.2. The Labute approximate surface area is 132 Å². The Kier molecular flexibility index (Phi) is 4.52. The van der Waals surface area contributed by atoms with Gasteiger partial charge in [-0.05, 0) is 32.6 Å². The lowest BCUT2D eigenvalue weighted by Crippen LogP contribution is -2.53. The van der Waals surface area contributed by atoms with Crippen LogP contribution in [0.2, 0.25) is 0 Å². The molecule has 0 saturated heterocycles.